The number of rotatable bonds is 3. The summed E-state index contributed by atoms with van der Waals surface area (Å²) in [5, 5.41) is 0. The average molecular weight is 315 g/mol. The first-order chi connectivity index (χ1) is 9.73. The zero-order valence-corrected chi connectivity index (χ0v) is 13.3. The first-order valence-corrected chi connectivity index (χ1v) is 8.25. The van der Waals surface area contributed by atoms with Crippen molar-refractivity contribution in [2.24, 2.45) is 5.73 Å². The highest BCUT2D eigenvalue weighted by molar-refractivity contribution is 7.89. The number of hydrogen-bond acceptors (Lipinski definition) is 5. The van der Waals surface area contributed by atoms with Crippen LogP contribution in [-0.4, -0.2) is 56.8 Å². The van der Waals surface area contributed by atoms with Gasteiger partial charge in [-0.15, -0.1) is 0 Å². The minimum atomic E-state index is -3.62. The summed E-state index contributed by atoms with van der Waals surface area (Å²) in [7, 11) is -0.743. The lowest BCUT2D eigenvalue weighted by Crippen LogP contribution is -2.45. The zero-order chi connectivity index (χ0) is 15.8. The molecule has 2 N–H and O–H groups in total. The Kier molecular flexibility index (Phi) is 4.40. The number of piperidine rings is 1. The maximum absolute atomic E-state index is 12.4. The van der Waals surface area contributed by atoms with Crippen LogP contribution < -0.4 is 5.73 Å². The number of nitrogens with zero attached hydrogens (tertiary/aromatic N) is 2. The van der Waals surface area contributed by atoms with E-state index in [0.29, 0.717) is 13.1 Å². The first-order valence-electron chi connectivity index (χ1n) is 6.81. The normalized spacial score (nSPS) is 20.0. The molecule has 0 spiro atoms. The molecule has 1 aliphatic rings. The van der Waals surface area contributed by atoms with Gasteiger partial charge >= 0.3 is 0 Å². The van der Waals surface area contributed by atoms with Gasteiger partial charge in [0.15, 0.2) is 5.76 Å². The summed E-state index contributed by atoms with van der Waals surface area (Å²) < 4.78 is 30.7. The fourth-order valence-corrected chi connectivity index (χ4v) is 3.43. The lowest BCUT2D eigenvalue weighted by Gasteiger charge is -2.29. The van der Waals surface area contributed by atoms with Gasteiger partial charge in [0.2, 0.25) is 10.0 Å². The maximum atomic E-state index is 12.4. The van der Waals surface area contributed by atoms with Crippen molar-refractivity contribution in [3.63, 3.8) is 0 Å². The Morgan fingerprint density at radius 2 is 2.14 bits per heavy atom. The first kappa shape index (κ1) is 16.0. The third-order valence-corrected chi connectivity index (χ3v) is 5.51. The summed E-state index contributed by atoms with van der Waals surface area (Å²) in [5.41, 5.74) is 5.86. The molecule has 2 heterocycles. The van der Waals surface area contributed by atoms with E-state index < -0.39 is 10.0 Å². The highest BCUT2D eigenvalue weighted by Gasteiger charge is 2.29. The van der Waals surface area contributed by atoms with Crippen molar-refractivity contribution in [1.29, 1.82) is 0 Å². The maximum Gasteiger partial charge on any atom is 0.289 e. The van der Waals surface area contributed by atoms with Crippen LogP contribution in [0.15, 0.2) is 15.4 Å². The molecule has 21 heavy (non-hydrogen) atoms. The summed E-state index contributed by atoms with van der Waals surface area (Å²) in [6.45, 7) is 2.62. The summed E-state index contributed by atoms with van der Waals surface area (Å²) in [4.78, 5) is 14.0. The number of nitrogens with two attached hydrogens (primary N) is 1. The second kappa shape index (κ2) is 5.78. The number of carbonyl (C=O) groups is 1. The second-order valence-electron chi connectivity index (χ2n) is 5.47. The van der Waals surface area contributed by atoms with Gasteiger partial charge in [0.25, 0.3) is 5.91 Å². The molecule has 1 atom stereocenters. The molecule has 118 valence electrons. The van der Waals surface area contributed by atoms with E-state index in [1.54, 1.807) is 4.90 Å². The van der Waals surface area contributed by atoms with Crippen LogP contribution in [0, 0.1) is 6.92 Å². The summed E-state index contributed by atoms with van der Waals surface area (Å²) in [6, 6.07) is 1.26. The third kappa shape index (κ3) is 3.12. The molecule has 0 radical (unpaired) electrons. The fraction of sp³-hybridized carbons (Fsp3) is 0.615. The number of sulfonamides is 1. The molecule has 0 aliphatic carbocycles. The van der Waals surface area contributed by atoms with Gasteiger partial charge in [-0.2, -0.15) is 0 Å². The van der Waals surface area contributed by atoms with E-state index >= 15 is 0 Å². The SMILES string of the molecule is Cc1oc(C(=O)N2CCCC(N)C2)cc1S(=O)(=O)N(C)C. The van der Waals surface area contributed by atoms with E-state index in [-0.39, 0.29) is 28.4 Å². The Morgan fingerprint density at radius 1 is 1.48 bits per heavy atom. The van der Waals surface area contributed by atoms with Gasteiger partial charge in [-0.25, -0.2) is 12.7 Å². The minimum Gasteiger partial charge on any atom is -0.455 e. The Hall–Kier alpha value is -1.38. The molecule has 0 bridgehead atoms. The van der Waals surface area contributed by atoms with Crippen LogP contribution in [0.5, 0.6) is 0 Å². The molecule has 1 saturated heterocycles. The molecule has 1 aromatic heterocycles. The predicted octanol–water partition coefficient (Wildman–Crippen LogP) is 0.402. The van der Waals surface area contributed by atoms with Crippen molar-refractivity contribution in [2.75, 3.05) is 27.2 Å². The highest BCUT2D eigenvalue weighted by Crippen LogP contribution is 2.24. The minimum absolute atomic E-state index is 0.0251. The molecule has 1 unspecified atom stereocenters. The number of carbonyl (C=O) groups excluding carboxylic acids is 1. The van der Waals surface area contributed by atoms with Crippen molar-refractivity contribution in [1.82, 2.24) is 9.21 Å². The highest BCUT2D eigenvalue weighted by atomic mass is 32.2. The summed E-state index contributed by atoms with van der Waals surface area (Å²) in [6.07, 6.45) is 1.73. The van der Waals surface area contributed by atoms with E-state index in [0.717, 1.165) is 17.1 Å². The largest absolute Gasteiger partial charge is 0.455 e. The molecule has 1 aromatic rings. The Balaban J connectivity index is 2.28. The van der Waals surface area contributed by atoms with Crippen LogP contribution in [0.2, 0.25) is 0 Å². The van der Waals surface area contributed by atoms with E-state index in [4.69, 9.17) is 10.2 Å². The lowest BCUT2D eigenvalue weighted by molar-refractivity contribution is 0.0675. The van der Waals surface area contributed by atoms with Gasteiger partial charge in [-0.05, 0) is 19.8 Å². The number of amides is 1. The van der Waals surface area contributed by atoms with Gasteiger partial charge in [0.1, 0.15) is 10.7 Å². The molecule has 7 nitrogen and oxygen atoms in total. The van der Waals surface area contributed by atoms with Crippen molar-refractivity contribution in [3.05, 3.63) is 17.6 Å². The van der Waals surface area contributed by atoms with Crippen LogP contribution in [0.1, 0.15) is 29.2 Å². The summed E-state index contributed by atoms with van der Waals surface area (Å²) >= 11 is 0. The second-order valence-corrected chi connectivity index (χ2v) is 7.59. The number of hydrogen-bond donors (Lipinski definition) is 1. The van der Waals surface area contributed by atoms with Crippen LogP contribution in [-0.2, 0) is 10.0 Å². The van der Waals surface area contributed by atoms with Gasteiger partial charge < -0.3 is 15.1 Å². The molecule has 2 rings (SSSR count). The number of likely N-dealkylation sites (tertiary alicyclic amines) is 1. The van der Waals surface area contributed by atoms with Crippen LogP contribution >= 0.6 is 0 Å². The van der Waals surface area contributed by atoms with E-state index in [1.807, 2.05) is 0 Å². The monoisotopic (exact) mass is 315 g/mol. The van der Waals surface area contributed by atoms with Crippen LogP contribution in [0.25, 0.3) is 0 Å². The number of furan rings is 1. The molecule has 0 aromatic carbocycles. The molecular formula is C13H21N3O4S. The van der Waals surface area contributed by atoms with E-state index in [1.165, 1.54) is 27.1 Å². The van der Waals surface area contributed by atoms with Crippen LogP contribution in [0.3, 0.4) is 0 Å². The van der Waals surface area contributed by atoms with E-state index in [2.05, 4.69) is 0 Å². The Labute approximate surface area is 124 Å². The summed E-state index contributed by atoms with van der Waals surface area (Å²) in [5.74, 6) is -0.0520. The lowest BCUT2D eigenvalue weighted by atomic mass is 10.1. The van der Waals surface area contributed by atoms with Crippen molar-refractivity contribution in [3.8, 4) is 0 Å². The number of aryl methyl sites for hydroxylation is 1. The molecule has 1 fully saturated rings. The molecular weight excluding hydrogens is 294 g/mol. The standard InChI is InChI=1S/C13H21N3O4S/c1-9-12(21(18,19)15(2)3)7-11(20-9)13(17)16-6-4-5-10(14)8-16/h7,10H,4-6,8,14H2,1-3H3. The molecule has 8 heteroatoms. The molecule has 1 amide bonds. The van der Waals surface area contributed by atoms with Gasteiger partial charge in [-0.1, -0.05) is 0 Å². The van der Waals surface area contributed by atoms with Crippen molar-refractivity contribution in [2.45, 2.75) is 30.7 Å². The fourth-order valence-electron chi connectivity index (χ4n) is 2.37. The smallest absolute Gasteiger partial charge is 0.289 e. The molecule has 1 aliphatic heterocycles. The zero-order valence-electron chi connectivity index (χ0n) is 12.5. The average Bonchev–Trinajstić information content (AvgIpc) is 2.80. The van der Waals surface area contributed by atoms with E-state index in [9.17, 15) is 13.2 Å². The van der Waals surface area contributed by atoms with Crippen molar-refractivity contribution < 1.29 is 17.6 Å². The van der Waals surface area contributed by atoms with Gasteiger partial charge in [0, 0.05) is 39.3 Å². The Bertz CT molecular complexity index is 636. The topological polar surface area (TPSA) is 96.8 Å². The Morgan fingerprint density at radius 3 is 2.71 bits per heavy atom. The molecule has 0 saturated carbocycles. The quantitative estimate of drug-likeness (QED) is 0.871. The van der Waals surface area contributed by atoms with Gasteiger partial charge in [0.05, 0.1) is 0 Å². The van der Waals surface area contributed by atoms with Gasteiger partial charge in [-0.3, -0.25) is 4.79 Å². The van der Waals surface area contributed by atoms with Crippen molar-refractivity contribution >= 4 is 15.9 Å². The predicted molar refractivity (Wildman–Crippen MR) is 77.4 cm³/mol. The third-order valence-electron chi connectivity index (χ3n) is 3.59. The van der Waals surface area contributed by atoms with Crippen LogP contribution in [0.4, 0.5) is 0 Å².